The molecule has 0 amide bonds. The first kappa shape index (κ1) is 6.34. The van der Waals surface area contributed by atoms with Crippen molar-refractivity contribution in [1.29, 1.82) is 0 Å². The first-order valence-electron chi connectivity index (χ1n) is 3.39. The van der Waals surface area contributed by atoms with E-state index in [1.54, 1.807) is 6.08 Å². The minimum Gasteiger partial charge on any atom is -0.389 e. The van der Waals surface area contributed by atoms with Gasteiger partial charge in [-0.1, -0.05) is 13.0 Å². The van der Waals surface area contributed by atoms with Crippen LogP contribution >= 0.6 is 0 Å². The van der Waals surface area contributed by atoms with E-state index in [0.717, 1.165) is 0 Å². The zero-order valence-corrected chi connectivity index (χ0v) is 5.65. The van der Waals surface area contributed by atoms with Crippen LogP contribution in [0.2, 0.25) is 0 Å². The molecular weight excluding hydrogens is 132 g/mol. The molecular formula is C7H10O3. The maximum absolute atomic E-state index is 9.41. The average molecular weight is 142 g/mol. The van der Waals surface area contributed by atoms with Crippen LogP contribution in [0.4, 0.5) is 0 Å². The Balaban J connectivity index is 2.34. The van der Waals surface area contributed by atoms with Gasteiger partial charge in [0.2, 0.25) is 0 Å². The van der Waals surface area contributed by atoms with Crippen LogP contribution in [0.3, 0.4) is 0 Å². The lowest BCUT2D eigenvalue weighted by Crippen LogP contribution is -2.34. The number of hydrogen-bond acceptors (Lipinski definition) is 3. The molecule has 3 nitrogen and oxygen atoms in total. The quantitative estimate of drug-likeness (QED) is 0.381. The van der Waals surface area contributed by atoms with E-state index in [0.29, 0.717) is 5.57 Å². The van der Waals surface area contributed by atoms with Gasteiger partial charge in [0.25, 0.3) is 0 Å². The van der Waals surface area contributed by atoms with Crippen molar-refractivity contribution in [1.82, 2.24) is 0 Å². The number of hydrogen-bond donors (Lipinski definition) is 3. The maximum Gasteiger partial charge on any atom is 0.144 e. The summed E-state index contributed by atoms with van der Waals surface area (Å²) in [7, 11) is 0. The summed E-state index contributed by atoms with van der Waals surface area (Å²) in [6, 6.07) is 0. The molecule has 0 radical (unpaired) electrons. The van der Waals surface area contributed by atoms with Gasteiger partial charge in [-0.2, -0.15) is 0 Å². The smallest absolute Gasteiger partial charge is 0.144 e. The van der Waals surface area contributed by atoms with Crippen molar-refractivity contribution in [2.45, 2.75) is 24.7 Å². The second-order valence-corrected chi connectivity index (χ2v) is 3.15. The standard InChI is InChI=1S/C7H10O3/c1-3-2-4-6(9)7(4,10)5(3)8/h2-3,5-6,8-10H,1H3/t3-,5+,6?,7-/m1/s1. The molecule has 1 unspecified atom stereocenters. The van der Waals surface area contributed by atoms with Gasteiger partial charge in [-0.3, -0.25) is 0 Å². The van der Waals surface area contributed by atoms with E-state index in [1.807, 2.05) is 6.92 Å². The van der Waals surface area contributed by atoms with Crippen molar-refractivity contribution < 1.29 is 15.3 Å². The summed E-state index contributed by atoms with van der Waals surface area (Å²) in [6.07, 6.45) is 0.117. The number of aliphatic hydroxyl groups excluding tert-OH is 2. The molecule has 3 heteroatoms. The Hall–Kier alpha value is -0.380. The zero-order valence-electron chi connectivity index (χ0n) is 5.65. The molecule has 0 heterocycles. The Morgan fingerprint density at radius 2 is 2.10 bits per heavy atom. The molecule has 0 spiro atoms. The molecule has 0 aromatic rings. The average Bonchev–Trinajstić information content (AvgIpc) is 2.29. The number of fused-ring (bicyclic) bond motifs is 1. The molecule has 3 N–H and O–H groups in total. The van der Waals surface area contributed by atoms with Crippen molar-refractivity contribution >= 4 is 0 Å². The van der Waals surface area contributed by atoms with Crippen LogP contribution in [0.25, 0.3) is 0 Å². The molecule has 0 saturated heterocycles. The molecule has 4 atom stereocenters. The monoisotopic (exact) mass is 142 g/mol. The van der Waals surface area contributed by atoms with Gasteiger partial charge in [0.05, 0.1) is 6.10 Å². The van der Waals surface area contributed by atoms with Crippen LogP contribution in [-0.2, 0) is 0 Å². The Labute approximate surface area is 58.6 Å². The van der Waals surface area contributed by atoms with Crippen molar-refractivity contribution in [3.8, 4) is 0 Å². The van der Waals surface area contributed by atoms with Gasteiger partial charge < -0.3 is 15.3 Å². The highest BCUT2D eigenvalue weighted by Gasteiger charge is 2.67. The van der Waals surface area contributed by atoms with E-state index in [1.165, 1.54) is 0 Å². The van der Waals surface area contributed by atoms with Crippen molar-refractivity contribution in [3.63, 3.8) is 0 Å². The van der Waals surface area contributed by atoms with E-state index in [9.17, 15) is 10.2 Å². The fraction of sp³-hybridized carbons (Fsp3) is 0.714. The minimum atomic E-state index is -1.28. The summed E-state index contributed by atoms with van der Waals surface area (Å²) >= 11 is 0. The van der Waals surface area contributed by atoms with Gasteiger partial charge in [-0.15, -0.1) is 0 Å². The maximum atomic E-state index is 9.41. The highest BCUT2D eigenvalue weighted by atomic mass is 16.4. The highest BCUT2D eigenvalue weighted by Crippen LogP contribution is 2.53. The molecule has 2 aliphatic rings. The zero-order chi connectivity index (χ0) is 7.52. The molecule has 0 aromatic heterocycles. The molecule has 0 aliphatic heterocycles. The van der Waals surface area contributed by atoms with Crippen LogP contribution in [0.15, 0.2) is 11.6 Å². The van der Waals surface area contributed by atoms with E-state index < -0.39 is 17.8 Å². The molecule has 0 aromatic carbocycles. The Morgan fingerprint density at radius 1 is 1.50 bits per heavy atom. The van der Waals surface area contributed by atoms with Crippen molar-refractivity contribution in [3.05, 3.63) is 11.6 Å². The van der Waals surface area contributed by atoms with Gasteiger partial charge >= 0.3 is 0 Å². The van der Waals surface area contributed by atoms with Gasteiger partial charge in [0.1, 0.15) is 11.7 Å². The molecule has 2 rings (SSSR count). The summed E-state index contributed by atoms with van der Waals surface area (Å²) in [5, 5.41) is 27.7. The Morgan fingerprint density at radius 3 is 2.40 bits per heavy atom. The molecule has 1 saturated carbocycles. The lowest BCUT2D eigenvalue weighted by Gasteiger charge is -2.16. The van der Waals surface area contributed by atoms with Crippen LogP contribution in [0.5, 0.6) is 0 Å². The van der Waals surface area contributed by atoms with Crippen LogP contribution in [0.1, 0.15) is 6.92 Å². The molecule has 1 fully saturated rings. The SMILES string of the molecule is C[C@@H]1C=C2C(O)[C@]2(O)[C@H]1O. The normalized spacial score (nSPS) is 58.0. The second kappa shape index (κ2) is 1.44. The van der Waals surface area contributed by atoms with Crippen LogP contribution < -0.4 is 0 Å². The van der Waals surface area contributed by atoms with Gasteiger partial charge in [0, 0.05) is 5.92 Å². The Kier molecular flexibility index (Phi) is 0.915. The molecule has 0 bridgehead atoms. The first-order valence-corrected chi connectivity index (χ1v) is 3.39. The third-order valence-corrected chi connectivity index (χ3v) is 2.48. The summed E-state index contributed by atoms with van der Waals surface area (Å²) < 4.78 is 0. The van der Waals surface area contributed by atoms with Gasteiger partial charge in [-0.25, -0.2) is 0 Å². The third-order valence-electron chi connectivity index (χ3n) is 2.48. The largest absolute Gasteiger partial charge is 0.389 e. The summed E-state index contributed by atoms with van der Waals surface area (Å²) in [6.45, 7) is 1.81. The highest BCUT2D eigenvalue weighted by molar-refractivity contribution is 5.50. The Bertz CT molecular complexity index is 211. The lowest BCUT2D eigenvalue weighted by atomic mass is 10.0. The number of aliphatic hydroxyl groups is 3. The van der Waals surface area contributed by atoms with Crippen molar-refractivity contribution in [2.24, 2.45) is 5.92 Å². The van der Waals surface area contributed by atoms with E-state index in [2.05, 4.69) is 0 Å². The van der Waals surface area contributed by atoms with Gasteiger partial charge in [0.15, 0.2) is 0 Å². The first-order chi connectivity index (χ1) is 4.58. The fourth-order valence-electron chi connectivity index (χ4n) is 1.67. The third kappa shape index (κ3) is 0.438. The predicted molar refractivity (Wildman–Crippen MR) is 34.2 cm³/mol. The number of rotatable bonds is 0. The molecule has 10 heavy (non-hydrogen) atoms. The summed E-state index contributed by atoms with van der Waals surface area (Å²) in [5.74, 6) is -0.0246. The van der Waals surface area contributed by atoms with E-state index >= 15 is 0 Å². The topological polar surface area (TPSA) is 60.7 Å². The van der Waals surface area contributed by atoms with E-state index in [4.69, 9.17) is 5.11 Å². The summed E-state index contributed by atoms with van der Waals surface area (Å²) in [5.41, 5.74) is -0.688. The van der Waals surface area contributed by atoms with E-state index in [-0.39, 0.29) is 5.92 Å². The van der Waals surface area contributed by atoms with Crippen molar-refractivity contribution in [2.75, 3.05) is 0 Å². The fourth-order valence-corrected chi connectivity index (χ4v) is 1.67. The summed E-state index contributed by atoms with van der Waals surface area (Å²) in [4.78, 5) is 0. The lowest BCUT2D eigenvalue weighted by molar-refractivity contribution is -0.0356. The van der Waals surface area contributed by atoms with Gasteiger partial charge in [-0.05, 0) is 5.57 Å². The van der Waals surface area contributed by atoms with Crippen LogP contribution in [0, 0.1) is 5.92 Å². The van der Waals surface area contributed by atoms with Crippen LogP contribution in [-0.4, -0.2) is 33.1 Å². The molecule has 2 aliphatic carbocycles. The minimum absolute atomic E-state index is 0.0246. The second-order valence-electron chi connectivity index (χ2n) is 3.15. The predicted octanol–water partition coefficient (Wildman–Crippen LogP) is -0.971. The molecule has 56 valence electrons.